The van der Waals surface area contributed by atoms with E-state index in [1.165, 1.54) is 0 Å². The van der Waals surface area contributed by atoms with Crippen LogP contribution in [0.3, 0.4) is 0 Å². The SMILES string of the molecule is COc1ccc(-c2cc(C)c3c(c2)C(=O)c2ccccc2C3=O)cc1. The number of benzene rings is 3. The van der Waals surface area contributed by atoms with E-state index in [4.69, 9.17) is 4.74 Å². The summed E-state index contributed by atoms with van der Waals surface area (Å²) in [5, 5.41) is 0. The standard InChI is InChI=1S/C22H16O3/c1-13-11-15(14-7-9-16(25-2)10-8-14)12-19-20(13)22(24)18-6-4-3-5-17(18)21(19)23/h3-12H,1-2H3. The molecule has 0 aromatic heterocycles. The Hall–Kier alpha value is -3.20. The van der Waals surface area contributed by atoms with E-state index in [0.29, 0.717) is 22.3 Å². The molecular formula is C22H16O3. The van der Waals surface area contributed by atoms with Gasteiger partial charge in [0.05, 0.1) is 7.11 Å². The van der Waals surface area contributed by atoms with Crippen molar-refractivity contribution < 1.29 is 14.3 Å². The van der Waals surface area contributed by atoms with Gasteiger partial charge in [0.2, 0.25) is 0 Å². The Kier molecular flexibility index (Phi) is 3.50. The van der Waals surface area contributed by atoms with Crippen LogP contribution >= 0.6 is 0 Å². The van der Waals surface area contributed by atoms with E-state index in [-0.39, 0.29) is 11.6 Å². The molecule has 0 amide bonds. The maximum atomic E-state index is 12.9. The van der Waals surface area contributed by atoms with Gasteiger partial charge in [0.25, 0.3) is 0 Å². The summed E-state index contributed by atoms with van der Waals surface area (Å²) in [5.41, 5.74) is 4.67. The highest BCUT2D eigenvalue weighted by molar-refractivity contribution is 6.29. The van der Waals surface area contributed by atoms with Gasteiger partial charge in [-0.15, -0.1) is 0 Å². The fourth-order valence-corrected chi connectivity index (χ4v) is 3.38. The van der Waals surface area contributed by atoms with Gasteiger partial charge in [0.15, 0.2) is 11.6 Å². The molecule has 0 heterocycles. The highest BCUT2D eigenvalue weighted by atomic mass is 16.5. The molecule has 0 aliphatic heterocycles. The number of rotatable bonds is 2. The molecule has 1 aliphatic rings. The van der Waals surface area contributed by atoms with E-state index < -0.39 is 0 Å². The maximum Gasteiger partial charge on any atom is 0.194 e. The monoisotopic (exact) mass is 328 g/mol. The van der Waals surface area contributed by atoms with Crippen LogP contribution in [-0.4, -0.2) is 18.7 Å². The first kappa shape index (κ1) is 15.3. The van der Waals surface area contributed by atoms with Gasteiger partial charge in [-0.05, 0) is 41.8 Å². The molecule has 0 saturated heterocycles. The van der Waals surface area contributed by atoms with Crippen molar-refractivity contribution in [3.05, 3.63) is 88.5 Å². The molecule has 3 aromatic rings. The molecule has 1 aliphatic carbocycles. The number of aryl methyl sites for hydroxylation is 1. The first-order valence-electron chi connectivity index (χ1n) is 8.07. The van der Waals surface area contributed by atoms with Crippen molar-refractivity contribution in [1.29, 1.82) is 0 Å². The second kappa shape index (κ2) is 5.71. The fourth-order valence-electron chi connectivity index (χ4n) is 3.38. The van der Waals surface area contributed by atoms with Crippen LogP contribution in [0, 0.1) is 6.92 Å². The van der Waals surface area contributed by atoms with Crippen LogP contribution in [0.2, 0.25) is 0 Å². The quantitative estimate of drug-likeness (QED) is 0.546. The summed E-state index contributed by atoms with van der Waals surface area (Å²) >= 11 is 0. The summed E-state index contributed by atoms with van der Waals surface area (Å²) in [6.45, 7) is 1.88. The number of hydrogen-bond acceptors (Lipinski definition) is 3. The number of methoxy groups -OCH3 is 1. The molecule has 0 saturated carbocycles. The predicted octanol–water partition coefficient (Wildman–Crippen LogP) is 4.45. The third kappa shape index (κ3) is 2.36. The van der Waals surface area contributed by atoms with Crippen molar-refractivity contribution in [2.45, 2.75) is 6.92 Å². The molecule has 0 atom stereocenters. The minimum Gasteiger partial charge on any atom is -0.497 e. The molecule has 0 spiro atoms. The average molecular weight is 328 g/mol. The number of ether oxygens (including phenoxy) is 1. The number of hydrogen-bond donors (Lipinski definition) is 0. The van der Waals surface area contributed by atoms with Gasteiger partial charge in [-0.1, -0.05) is 42.5 Å². The molecule has 3 heteroatoms. The number of ketones is 2. The third-order valence-electron chi connectivity index (χ3n) is 4.65. The Morgan fingerprint density at radius 2 is 1.36 bits per heavy atom. The first-order valence-corrected chi connectivity index (χ1v) is 8.07. The smallest absolute Gasteiger partial charge is 0.194 e. The second-order valence-corrected chi connectivity index (χ2v) is 6.15. The highest BCUT2D eigenvalue weighted by Crippen LogP contribution is 2.33. The molecule has 0 fully saturated rings. The lowest BCUT2D eigenvalue weighted by Crippen LogP contribution is -2.22. The van der Waals surface area contributed by atoms with Crippen molar-refractivity contribution >= 4 is 11.6 Å². The van der Waals surface area contributed by atoms with Gasteiger partial charge in [0, 0.05) is 22.3 Å². The van der Waals surface area contributed by atoms with E-state index in [2.05, 4.69) is 0 Å². The summed E-state index contributed by atoms with van der Waals surface area (Å²) < 4.78 is 5.19. The highest BCUT2D eigenvalue weighted by Gasteiger charge is 2.31. The predicted molar refractivity (Wildman–Crippen MR) is 96.5 cm³/mol. The summed E-state index contributed by atoms with van der Waals surface area (Å²) in [6, 6.07) is 18.4. The molecule has 3 nitrogen and oxygen atoms in total. The van der Waals surface area contributed by atoms with Crippen molar-refractivity contribution in [3.63, 3.8) is 0 Å². The van der Waals surface area contributed by atoms with Gasteiger partial charge >= 0.3 is 0 Å². The van der Waals surface area contributed by atoms with Gasteiger partial charge in [-0.2, -0.15) is 0 Å². The lowest BCUT2D eigenvalue weighted by molar-refractivity contribution is 0.0978. The van der Waals surface area contributed by atoms with E-state index in [0.717, 1.165) is 22.4 Å². The van der Waals surface area contributed by atoms with E-state index in [9.17, 15) is 9.59 Å². The largest absolute Gasteiger partial charge is 0.497 e. The van der Waals surface area contributed by atoms with Gasteiger partial charge in [0.1, 0.15) is 5.75 Å². The average Bonchev–Trinajstić information content (AvgIpc) is 2.65. The zero-order valence-corrected chi connectivity index (χ0v) is 14.0. The van der Waals surface area contributed by atoms with Crippen LogP contribution in [0.5, 0.6) is 5.75 Å². The van der Waals surface area contributed by atoms with Gasteiger partial charge in [-0.3, -0.25) is 9.59 Å². The minimum absolute atomic E-state index is 0.0796. The lowest BCUT2D eigenvalue weighted by Gasteiger charge is -2.20. The Morgan fingerprint density at radius 1 is 0.720 bits per heavy atom. The summed E-state index contributed by atoms with van der Waals surface area (Å²) in [4.78, 5) is 25.8. The summed E-state index contributed by atoms with van der Waals surface area (Å²) in [7, 11) is 1.62. The first-order chi connectivity index (χ1) is 12.1. The maximum absolute atomic E-state index is 12.9. The van der Waals surface area contributed by atoms with Crippen LogP contribution in [0.4, 0.5) is 0 Å². The number of carbonyl (C=O) groups is 2. The molecule has 0 N–H and O–H groups in total. The Morgan fingerprint density at radius 3 is 2.00 bits per heavy atom. The second-order valence-electron chi connectivity index (χ2n) is 6.15. The zero-order valence-electron chi connectivity index (χ0n) is 14.0. The van der Waals surface area contributed by atoms with E-state index >= 15 is 0 Å². The number of fused-ring (bicyclic) bond motifs is 2. The van der Waals surface area contributed by atoms with Crippen molar-refractivity contribution in [2.75, 3.05) is 7.11 Å². The topological polar surface area (TPSA) is 43.4 Å². The minimum atomic E-state index is -0.0938. The van der Waals surface area contributed by atoms with Crippen LogP contribution in [0.1, 0.15) is 37.4 Å². The Labute approximate surface area is 145 Å². The molecule has 3 aromatic carbocycles. The molecular weight excluding hydrogens is 312 g/mol. The Balaban J connectivity index is 1.89. The van der Waals surface area contributed by atoms with E-state index in [1.54, 1.807) is 31.4 Å². The molecule has 0 radical (unpaired) electrons. The van der Waals surface area contributed by atoms with Crippen LogP contribution in [0.15, 0.2) is 60.7 Å². The Bertz CT molecular complexity index is 1010. The van der Waals surface area contributed by atoms with E-state index in [1.807, 2.05) is 43.3 Å². The van der Waals surface area contributed by atoms with Gasteiger partial charge < -0.3 is 4.74 Å². The van der Waals surface area contributed by atoms with Crippen LogP contribution < -0.4 is 4.74 Å². The summed E-state index contributed by atoms with van der Waals surface area (Å²) in [5.74, 6) is 0.603. The van der Waals surface area contributed by atoms with Crippen LogP contribution in [0.25, 0.3) is 11.1 Å². The molecule has 122 valence electrons. The molecule has 0 bridgehead atoms. The molecule has 4 rings (SSSR count). The molecule has 25 heavy (non-hydrogen) atoms. The fraction of sp³-hybridized carbons (Fsp3) is 0.0909. The van der Waals surface area contributed by atoms with Crippen molar-refractivity contribution in [3.8, 4) is 16.9 Å². The normalized spacial score (nSPS) is 12.6. The van der Waals surface area contributed by atoms with Crippen molar-refractivity contribution in [2.24, 2.45) is 0 Å². The third-order valence-corrected chi connectivity index (χ3v) is 4.65. The van der Waals surface area contributed by atoms with Crippen LogP contribution in [-0.2, 0) is 0 Å². The van der Waals surface area contributed by atoms with Crippen molar-refractivity contribution in [1.82, 2.24) is 0 Å². The molecule has 0 unspecified atom stereocenters. The van der Waals surface area contributed by atoms with Gasteiger partial charge in [-0.25, -0.2) is 0 Å². The summed E-state index contributed by atoms with van der Waals surface area (Å²) in [6.07, 6.45) is 0. The lowest BCUT2D eigenvalue weighted by atomic mass is 9.80. The number of carbonyl (C=O) groups excluding carboxylic acids is 2. The zero-order chi connectivity index (χ0) is 17.6.